The lowest BCUT2D eigenvalue weighted by atomic mass is 10.2. The predicted octanol–water partition coefficient (Wildman–Crippen LogP) is 1.06. The number of nitrogen functional groups attached to an aromatic ring is 1. The zero-order valence-corrected chi connectivity index (χ0v) is 14.1. The maximum absolute atomic E-state index is 12.2. The predicted molar refractivity (Wildman–Crippen MR) is 88.7 cm³/mol. The van der Waals surface area contributed by atoms with Gasteiger partial charge in [0.2, 0.25) is 5.95 Å². The average Bonchev–Trinajstić information content (AvgIpc) is 3.02. The van der Waals surface area contributed by atoms with Crippen LogP contribution in [0, 0.1) is 0 Å². The largest absolute Gasteiger partial charge is 0.456 e. The van der Waals surface area contributed by atoms with Gasteiger partial charge in [0.05, 0.1) is 12.7 Å². The maximum Gasteiger partial charge on any atom is 0.456 e. The Hall–Kier alpha value is -2.26. The molecule has 3 rings (SSSR count). The van der Waals surface area contributed by atoms with Gasteiger partial charge in [-0.3, -0.25) is 9.09 Å². The summed E-state index contributed by atoms with van der Waals surface area (Å²) in [5.74, 6) is 0.255. The van der Waals surface area contributed by atoms with E-state index < -0.39 is 19.7 Å². The number of nitrogens with zero attached hydrogens (tertiary/aromatic N) is 3. The molecule has 0 aliphatic carbocycles. The van der Waals surface area contributed by atoms with Crippen molar-refractivity contribution in [1.82, 2.24) is 14.5 Å². The van der Waals surface area contributed by atoms with Crippen LogP contribution in [0.3, 0.4) is 0 Å². The quantitative estimate of drug-likeness (QED) is 0.716. The van der Waals surface area contributed by atoms with Crippen molar-refractivity contribution in [3.63, 3.8) is 0 Å². The minimum Gasteiger partial charge on any atom is -0.413 e. The van der Waals surface area contributed by atoms with Crippen LogP contribution >= 0.6 is 7.75 Å². The number of anilines is 1. The Labute approximate surface area is 143 Å². The first-order valence-corrected chi connectivity index (χ1v) is 9.18. The Kier molecular flexibility index (Phi) is 5.14. The fourth-order valence-electron chi connectivity index (χ4n) is 2.41. The molecule has 1 aromatic carbocycles. The van der Waals surface area contributed by atoms with Crippen LogP contribution in [0.4, 0.5) is 5.95 Å². The third kappa shape index (κ3) is 4.64. The van der Waals surface area contributed by atoms with Gasteiger partial charge in [0.15, 0.2) is 0 Å². The van der Waals surface area contributed by atoms with Gasteiger partial charge in [-0.1, -0.05) is 18.2 Å². The number of benzene rings is 1. The summed E-state index contributed by atoms with van der Waals surface area (Å²) in [6.07, 6.45) is 1.51. The molecule has 1 aliphatic heterocycles. The van der Waals surface area contributed by atoms with Crippen molar-refractivity contribution in [3.8, 4) is 5.75 Å². The maximum atomic E-state index is 12.2. The standard InChI is InChI=1S/C14H18N5O5P/c15-13-17-9-19(14(20)18-13)12-7-6-11(23-12)8-22-25(16,21)24-10-4-2-1-3-5-10/h1-5,9,11-12H,6-8H2,(H2,16,21)(H2,15,18,20)/t11-,12+,25?/m0/s1. The number of hydrogen-bond acceptors (Lipinski definition) is 8. The van der Waals surface area contributed by atoms with E-state index in [1.165, 1.54) is 10.9 Å². The molecule has 134 valence electrons. The van der Waals surface area contributed by atoms with Crippen molar-refractivity contribution < 1.29 is 18.3 Å². The second kappa shape index (κ2) is 7.32. The summed E-state index contributed by atoms with van der Waals surface area (Å²) in [4.78, 5) is 19.1. The van der Waals surface area contributed by atoms with Crippen LogP contribution in [0.15, 0.2) is 41.5 Å². The molecule has 1 unspecified atom stereocenters. The molecule has 1 saturated heterocycles. The summed E-state index contributed by atoms with van der Waals surface area (Å²) in [5, 5.41) is 0. The molecule has 1 fully saturated rings. The first kappa shape index (κ1) is 17.6. The van der Waals surface area contributed by atoms with E-state index in [1.807, 2.05) is 0 Å². The Morgan fingerprint density at radius 3 is 2.80 bits per heavy atom. The zero-order chi connectivity index (χ0) is 17.9. The van der Waals surface area contributed by atoms with Crippen molar-refractivity contribution in [3.05, 3.63) is 47.1 Å². The monoisotopic (exact) mass is 367 g/mol. The summed E-state index contributed by atoms with van der Waals surface area (Å²) in [6.45, 7) is -0.0261. The van der Waals surface area contributed by atoms with Crippen molar-refractivity contribution in [2.75, 3.05) is 12.3 Å². The van der Waals surface area contributed by atoms with Crippen LogP contribution in [0.5, 0.6) is 5.75 Å². The van der Waals surface area contributed by atoms with Gasteiger partial charge in [0, 0.05) is 0 Å². The molecule has 10 nitrogen and oxygen atoms in total. The smallest absolute Gasteiger partial charge is 0.413 e. The van der Waals surface area contributed by atoms with Crippen LogP contribution in [0.25, 0.3) is 0 Å². The molecule has 1 aromatic heterocycles. The van der Waals surface area contributed by atoms with Gasteiger partial charge in [-0.2, -0.15) is 4.98 Å². The molecule has 0 saturated carbocycles. The number of ether oxygens (including phenoxy) is 1. The van der Waals surface area contributed by atoms with E-state index in [-0.39, 0.29) is 18.7 Å². The Balaban J connectivity index is 1.54. The lowest BCUT2D eigenvalue weighted by Crippen LogP contribution is -2.29. The van der Waals surface area contributed by atoms with Crippen molar-refractivity contribution in [1.29, 1.82) is 0 Å². The molecule has 1 aliphatic rings. The molecule has 11 heteroatoms. The van der Waals surface area contributed by atoms with Gasteiger partial charge in [-0.15, -0.1) is 0 Å². The van der Waals surface area contributed by atoms with Gasteiger partial charge in [-0.25, -0.2) is 19.8 Å². The molecule has 0 spiro atoms. The van der Waals surface area contributed by atoms with Gasteiger partial charge in [-0.05, 0) is 25.0 Å². The van der Waals surface area contributed by atoms with Gasteiger partial charge in [0.1, 0.15) is 18.3 Å². The molecular formula is C14H18N5O5P. The molecule has 0 amide bonds. The van der Waals surface area contributed by atoms with E-state index >= 15 is 0 Å². The number of aromatic nitrogens is 3. The lowest BCUT2D eigenvalue weighted by Gasteiger charge is -2.18. The molecule has 2 heterocycles. The summed E-state index contributed by atoms with van der Waals surface area (Å²) >= 11 is 0. The van der Waals surface area contributed by atoms with E-state index in [4.69, 9.17) is 25.0 Å². The Bertz CT molecular complexity index is 830. The molecule has 0 radical (unpaired) electrons. The first-order chi connectivity index (χ1) is 11.9. The van der Waals surface area contributed by atoms with Gasteiger partial charge >= 0.3 is 13.4 Å². The van der Waals surface area contributed by atoms with E-state index in [1.54, 1.807) is 30.3 Å². The fourth-order valence-corrected chi connectivity index (χ4v) is 3.25. The normalized spacial score (nSPS) is 22.4. The van der Waals surface area contributed by atoms with Crippen molar-refractivity contribution in [2.45, 2.75) is 25.2 Å². The van der Waals surface area contributed by atoms with Crippen LogP contribution in [-0.2, 0) is 13.8 Å². The second-order valence-corrected chi connectivity index (χ2v) is 6.95. The highest BCUT2D eigenvalue weighted by Gasteiger charge is 2.30. The van der Waals surface area contributed by atoms with E-state index in [0.717, 1.165) is 0 Å². The summed E-state index contributed by atoms with van der Waals surface area (Å²) in [6, 6.07) is 8.50. The van der Waals surface area contributed by atoms with Crippen molar-refractivity contribution >= 4 is 13.7 Å². The summed E-state index contributed by atoms with van der Waals surface area (Å²) in [5.41, 5.74) is 10.4. The van der Waals surface area contributed by atoms with Crippen LogP contribution in [0.1, 0.15) is 19.1 Å². The second-order valence-electron chi connectivity index (χ2n) is 5.43. The van der Waals surface area contributed by atoms with E-state index in [2.05, 4.69) is 9.97 Å². The minimum atomic E-state index is -3.76. The lowest BCUT2D eigenvalue weighted by molar-refractivity contribution is -0.0216. The molecule has 4 N–H and O–H groups in total. The molecular weight excluding hydrogens is 349 g/mol. The minimum absolute atomic E-state index is 0.0261. The number of nitrogens with two attached hydrogens (primary N) is 2. The highest BCUT2D eigenvalue weighted by atomic mass is 31.2. The van der Waals surface area contributed by atoms with Gasteiger partial charge in [0.25, 0.3) is 0 Å². The van der Waals surface area contributed by atoms with Crippen LogP contribution in [-0.4, -0.2) is 27.2 Å². The molecule has 0 bridgehead atoms. The van der Waals surface area contributed by atoms with Crippen LogP contribution < -0.4 is 21.5 Å². The number of para-hydroxylation sites is 1. The number of hydrogen-bond donors (Lipinski definition) is 2. The van der Waals surface area contributed by atoms with Crippen LogP contribution in [0.2, 0.25) is 0 Å². The summed E-state index contributed by atoms with van der Waals surface area (Å²) in [7, 11) is -3.76. The van der Waals surface area contributed by atoms with E-state index in [0.29, 0.717) is 18.6 Å². The Morgan fingerprint density at radius 2 is 2.08 bits per heavy atom. The molecule has 3 atom stereocenters. The zero-order valence-electron chi connectivity index (χ0n) is 13.2. The van der Waals surface area contributed by atoms with Gasteiger partial charge < -0.3 is 15.0 Å². The molecule has 25 heavy (non-hydrogen) atoms. The third-order valence-electron chi connectivity index (χ3n) is 3.56. The fraction of sp³-hybridized carbons (Fsp3) is 0.357. The average molecular weight is 367 g/mol. The SMILES string of the molecule is Nc1ncn([C@H]2CC[C@@H](COP(N)(=O)Oc3ccccc3)O2)c(=O)n1. The first-order valence-electron chi connectivity index (χ1n) is 7.57. The van der Waals surface area contributed by atoms with Crippen molar-refractivity contribution in [2.24, 2.45) is 5.50 Å². The molecule has 2 aromatic rings. The number of rotatable bonds is 6. The Morgan fingerprint density at radius 1 is 1.32 bits per heavy atom. The topological polar surface area (TPSA) is 145 Å². The highest BCUT2D eigenvalue weighted by Crippen LogP contribution is 2.41. The third-order valence-corrected chi connectivity index (χ3v) is 4.53. The van der Waals surface area contributed by atoms with E-state index in [9.17, 15) is 9.36 Å². The summed E-state index contributed by atoms with van der Waals surface area (Å²) < 4.78 is 29.5. The highest BCUT2D eigenvalue weighted by molar-refractivity contribution is 7.51.